The topological polar surface area (TPSA) is 143 Å². The molecule has 0 aromatic heterocycles. The summed E-state index contributed by atoms with van der Waals surface area (Å²) in [5.74, 6) is -1.55. The first-order chi connectivity index (χ1) is 19.5. The van der Waals surface area contributed by atoms with Crippen LogP contribution >= 0.6 is 10.6 Å². The predicted molar refractivity (Wildman–Crippen MR) is 157 cm³/mol. The summed E-state index contributed by atoms with van der Waals surface area (Å²) < 4.78 is 38.5. The molecule has 0 spiro atoms. The number of fused-ring (bicyclic) bond motifs is 1. The molecule has 0 radical (unpaired) electrons. The standard InChI is InChI=1S/C30H42N2O8S/c1-6-8-14-30(7-2)19-41(36,37)25-18-22(29(35)31-21(15-26(33)39-4)16-27(34)40-5)24(38-3)17-23(25)28(32-30)20-12-10-9-11-13-20/h9-13,17-18,21,28,32,36-37H,6-8,14-16,19H2,1-5H3,(H,31,35)/t28-,30-/m1/s1. The second-order valence-electron chi connectivity index (χ2n) is 10.4. The van der Waals surface area contributed by atoms with Gasteiger partial charge in [0.2, 0.25) is 0 Å². The lowest BCUT2D eigenvalue weighted by molar-refractivity contribution is -0.143. The molecular formula is C30H42N2O8S. The first-order valence-corrected chi connectivity index (χ1v) is 15.5. The van der Waals surface area contributed by atoms with Gasteiger partial charge >= 0.3 is 11.9 Å². The number of carbonyl (C=O) groups excluding carboxylic acids is 3. The molecule has 226 valence electrons. The van der Waals surface area contributed by atoms with Gasteiger partial charge < -0.3 is 19.5 Å². The molecule has 1 aliphatic heterocycles. The minimum atomic E-state index is -3.37. The molecule has 0 saturated carbocycles. The predicted octanol–water partition coefficient (Wildman–Crippen LogP) is 5.06. The van der Waals surface area contributed by atoms with E-state index in [1.54, 1.807) is 6.07 Å². The maximum Gasteiger partial charge on any atom is 0.307 e. The number of hydrogen-bond donors (Lipinski definition) is 4. The van der Waals surface area contributed by atoms with Crippen LogP contribution < -0.4 is 15.4 Å². The van der Waals surface area contributed by atoms with Gasteiger partial charge in [-0.05, 0) is 30.5 Å². The lowest BCUT2D eigenvalue weighted by Crippen LogP contribution is -2.49. The summed E-state index contributed by atoms with van der Waals surface area (Å²) >= 11 is 0. The number of esters is 2. The molecule has 2 atom stereocenters. The van der Waals surface area contributed by atoms with Gasteiger partial charge in [-0.25, -0.2) is 0 Å². The maximum atomic E-state index is 13.6. The Morgan fingerprint density at radius 2 is 1.68 bits per heavy atom. The lowest BCUT2D eigenvalue weighted by atomic mass is 9.88. The summed E-state index contributed by atoms with van der Waals surface area (Å²) in [5.41, 5.74) is 1.04. The van der Waals surface area contributed by atoms with Crippen LogP contribution in [0.4, 0.5) is 0 Å². The van der Waals surface area contributed by atoms with Gasteiger partial charge in [0.1, 0.15) is 5.75 Å². The van der Waals surface area contributed by atoms with E-state index in [9.17, 15) is 23.5 Å². The smallest absolute Gasteiger partial charge is 0.307 e. The molecule has 0 saturated heterocycles. The largest absolute Gasteiger partial charge is 0.496 e. The van der Waals surface area contributed by atoms with Crippen molar-refractivity contribution >= 4 is 28.4 Å². The summed E-state index contributed by atoms with van der Waals surface area (Å²) in [6.45, 7) is 4.14. The Balaban J connectivity index is 2.14. The summed E-state index contributed by atoms with van der Waals surface area (Å²) in [4.78, 5) is 37.8. The van der Waals surface area contributed by atoms with E-state index in [-0.39, 0.29) is 34.8 Å². The third-order valence-corrected chi connectivity index (χ3v) is 9.62. The van der Waals surface area contributed by atoms with Gasteiger partial charge in [-0.15, -0.1) is 0 Å². The van der Waals surface area contributed by atoms with Crippen molar-refractivity contribution < 1.29 is 37.7 Å². The second kappa shape index (κ2) is 14.2. The zero-order valence-electron chi connectivity index (χ0n) is 24.4. The van der Waals surface area contributed by atoms with Crippen LogP contribution in [0.5, 0.6) is 5.75 Å². The summed E-state index contributed by atoms with van der Waals surface area (Å²) in [5, 5.41) is 6.47. The zero-order valence-corrected chi connectivity index (χ0v) is 25.2. The monoisotopic (exact) mass is 590 g/mol. The number of amides is 1. The molecular weight excluding hydrogens is 548 g/mol. The van der Waals surface area contributed by atoms with Crippen LogP contribution in [0.25, 0.3) is 0 Å². The molecule has 1 aliphatic rings. The SMILES string of the molecule is CCCC[C@]1(CC)CS(O)(O)c2cc(C(=O)NC(CC(=O)OC)CC(=O)OC)c(OC)cc2[C@@H](c2ccccc2)N1. The molecule has 2 aromatic carbocycles. The van der Waals surface area contributed by atoms with Crippen molar-refractivity contribution in [3.05, 3.63) is 59.2 Å². The molecule has 10 nitrogen and oxygen atoms in total. The van der Waals surface area contributed by atoms with Crippen molar-refractivity contribution in [2.45, 2.75) is 74.9 Å². The highest BCUT2D eigenvalue weighted by Gasteiger charge is 2.42. The van der Waals surface area contributed by atoms with Crippen molar-refractivity contribution in [2.24, 2.45) is 0 Å². The third kappa shape index (κ3) is 7.79. The Labute approximate surface area is 243 Å². The molecule has 1 amide bonds. The normalized spacial score (nSPS) is 20.3. The van der Waals surface area contributed by atoms with Gasteiger partial charge in [0.25, 0.3) is 5.91 Å². The van der Waals surface area contributed by atoms with Crippen LogP contribution in [-0.4, -0.2) is 65.6 Å². The van der Waals surface area contributed by atoms with Gasteiger partial charge in [-0.2, -0.15) is 10.6 Å². The molecule has 0 unspecified atom stereocenters. The number of benzene rings is 2. The Kier molecular flexibility index (Phi) is 11.2. The number of hydrogen-bond acceptors (Lipinski definition) is 9. The molecule has 0 fully saturated rings. The van der Waals surface area contributed by atoms with Crippen LogP contribution in [0.15, 0.2) is 47.4 Å². The van der Waals surface area contributed by atoms with E-state index >= 15 is 0 Å². The fourth-order valence-electron chi connectivity index (χ4n) is 5.27. The van der Waals surface area contributed by atoms with Crippen LogP contribution in [0, 0.1) is 0 Å². The highest BCUT2D eigenvalue weighted by molar-refractivity contribution is 8.24. The maximum absolute atomic E-state index is 13.6. The Morgan fingerprint density at radius 3 is 2.22 bits per heavy atom. The van der Waals surface area contributed by atoms with E-state index in [4.69, 9.17) is 14.2 Å². The lowest BCUT2D eigenvalue weighted by Gasteiger charge is -2.42. The van der Waals surface area contributed by atoms with Crippen molar-refractivity contribution in [1.29, 1.82) is 0 Å². The Morgan fingerprint density at radius 1 is 1.05 bits per heavy atom. The van der Waals surface area contributed by atoms with E-state index in [0.29, 0.717) is 12.0 Å². The van der Waals surface area contributed by atoms with E-state index in [2.05, 4.69) is 17.6 Å². The van der Waals surface area contributed by atoms with E-state index in [1.807, 2.05) is 37.3 Å². The number of carbonyl (C=O) groups is 3. The average molecular weight is 591 g/mol. The number of nitrogens with one attached hydrogen (secondary N) is 2. The number of unbranched alkanes of at least 4 members (excludes halogenated alkanes) is 1. The summed E-state index contributed by atoms with van der Waals surface area (Å²) in [6, 6.07) is 11.6. The molecule has 41 heavy (non-hydrogen) atoms. The van der Waals surface area contributed by atoms with Crippen molar-refractivity contribution in [3.63, 3.8) is 0 Å². The van der Waals surface area contributed by atoms with Crippen molar-refractivity contribution in [2.75, 3.05) is 27.1 Å². The fourth-order valence-corrected chi connectivity index (χ4v) is 7.49. The van der Waals surface area contributed by atoms with Gasteiger partial charge in [0, 0.05) is 11.1 Å². The zero-order chi connectivity index (χ0) is 30.2. The highest BCUT2D eigenvalue weighted by atomic mass is 32.3. The number of ether oxygens (including phenoxy) is 3. The van der Waals surface area contributed by atoms with Gasteiger partial charge in [-0.3, -0.25) is 28.8 Å². The molecule has 11 heteroatoms. The van der Waals surface area contributed by atoms with Crippen molar-refractivity contribution in [1.82, 2.24) is 10.6 Å². The second-order valence-corrected chi connectivity index (χ2v) is 12.4. The molecule has 0 bridgehead atoms. The first-order valence-electron chi connectivity index (χ1n) is 13.8. The van der Waals surface area contributed by atoms with E-state index in [0.717, 1.165) is 24.8 Å². The number of methoxy groups -OCH3 is 3. The van der Waals surface area contributed by atoms with Crippen LogP contribution in [0.1, 0.15) is 79.9 Å². The molecule has 4 N–H and O–H groups in total. The number of rotatable bonds is 12. The quantitative estimate of drug-likeness (QED) is 0.249. The molecule has 3 rings (SSSR count). The van der Waals surface area contributed by atoms with Crippen LogP contribution in [0.3, 0.4) is 0 Å². The first kappa shape index (κ1) is 32.4. The van der Waals surface area contributed by atoms with E-state index in [1.165, 1.54) is 27.4 Å². The minimum Gasteiger partial charge on any atom is -0.496 e. The third-order valence-electron chi connectivity index (χ3n) is 7.60. The van der Waals surface area contributed by atoms with Gasteiger partial charge in [0.05, 0.1) is 62.5 Å². The summed E-state index contributed by atoms with van der Waals surface area (Å²) in [6.07, 6.45) is 2.79. The van der Waals surface area contributed by atoms with Crippen LogP contribution in [-0.2, 0) is 19.1 Å². The highest BCUT2D eigenvalue weighted by Crippen LogP contribution is 2.58. The van der Waals surface area contributed by atoms with Gasteiger partial charge in [0.15, 0.2) is 0 Å². The van der Waals surface area contributed by atoms with Crippen molar-refractivity contribution in [3.8, 4) is 5.75 Å². The van der Waals surface area contributed by atoms with Gasteiger partial charge in [-0.1, -0.05) is 57.0 Å². The van der Waals surface area contributed by atoms with E-state index < -0.39 is 46.1 Å². The summed E-state index contributed by atoms with van der Waals surface area (Å²) in [7, 11) is 0.488. The fraction of sp³-hybridized carbons (Fsp3) is 0.500. The average Bonchev–Trinajstić information content (AvgIpc) is 3.07. The molecule has 2 aromatic rings. The Bertz CT molecular complexity index is 1200. The minimum absolute atomic E-state index is 0.0512. The molecule has 0 aliphatic carbocycles. The molecule has 1 heterocycles. The Hall–Kier alpha value is -3.12. The van der Waals surface area contributed by atoms with Crippen LogP contribution in [0.2, 0.25) is 0 Å².